The molecule has 4 rings (SSSR count). The quantitative estimate of drug-likeness (QED) is 0.815. The molecule has 2 aliphatic rings. The number of hydrogen-bond acceptors (Lipinski definition) is 5. The maximum atomic E-state index is 8.96. The van der Waals surface area contributed by atoms with E-state index >= 15 is 0 Å². The molecule has 2 aromatic rings. The van der Waals surface area contributed by atoms with Gasteiger partial charge in [0.25, 0.3) is 0 Å². The van der Waals surface area contributed by atoms with E-state index in [1.165, 1.54) is 12.8 Å². The number of halogens is 1. The minimum atomic E-state index is 0.389. The zero-order valence-corrected chi connectivity index (χ0v) is 14.3. The average molecular weight is 373 g/mol. The molecule has 2 heterocycles. The molecule has 0 spiro atoms. The molecule has 6 heteroatoms. The monoisotopic (exact) mass is 372 g/mol. The summed E-state index contributed by atoms with van der Waals surface area (Å²) in [5.41, 5.74) is 1.82. The number of anilines is 1. The lowest BCUT2D eigenvalue weighted by Crippen LogP contribution is -2.33. The first-order chi connectivity index (χ1) is 11.2. The van der Waals surface area contributed by atoms with Gasteiger partial charge in [0.2, 0.25) is 5.89 Å². The molecule has 1 aliphatic heterocycles. The third-order valence-electron chi connectivity index (χ3n) is 4.66. The highest BCUT2D eigenvalue weighted by Gasteiger charge is 2.32. The van der Waals surface area contributed by atoms with Crippen LogP contribution in [-0.2, 0) is 0 Å². The van der Waals surface area contributed by atoms with Crippen LogP contribution >= 0.6 is 15.9 Å². The number of nitriles is 1. The van der Waals surface area contributed by atoms with Crippen LogP contribution < -0.4 is 4.90 Å². The Morgan fingerprint density at radius 2 is 1.96 bits per heavy atom. The Morgan fingerprint density at radius 3 is 2.61 bits per heavy atom. The molecule has 1 saturated heterocycles. The molecule has 1 aromatic carbocycles. The summed E-state index contributed by atoms with van der Waals surface area (Å²) in [6.07, 6.45) is 4.42. The Kier molecular flexibility index (Phi) is 3.82. The van der Waals surface area contributed by atoms with Crippen molar-refractivity contribution in [2.75, 3.05) is 18.0 Å². The number of piperidine rings is 1. The van der Waals surface area contributed by atoms with E-state index in [-0.39, 0.29) is 0 Å². The number of nitrogens with zero attached hydrogens (tertiary/aromatic N) is 4. The summed E-state index contributed by atoms with van der Waals surface area (Å²) in [6, 6.07) is 7.93. The highest BCUT2D eigenvalue weighted by Crippen LogP contribution is 2.40. The molecule has 1 aliphatic carbocycles. The van der Waals surface area contributed by atoms with Crippen LogP contribution in [0.5, 0.6) is 0 Å². The molecule has 1 saturated carbocycles. The average Bonchev–Trinajstić information content (AvgIpc) is 3.32. The van der Waals surface area contributed by atoms with Crippen molar-refractivity contribution in [2.24, 2.45) is 0 Å². The van der Waals surface area contributed by atoms with E-state index in [4.69, 9.17) is 9.78 Å². The van der Waals surface area contributed by atoms with E-state index in [0.717, 1.165) is 47.8 Å². The Bertz CT molecular complexity index is 754. The van der Waals surface area contributed by atoms with Crippen molar-refractivity contribution >= 4 is 21.6 Å². The van der Waals surface area contributed by atoms with Crippen LogP contribution in [-0.4, -0.2) is 23.2 Å². The summed E-state index contributed by atoms with van der Waals surface area (Å²) in [5, 5.41) is 13.2. The van der Waals surface area contributed by atoms with Crippen molar-refractivity contribution in [2.45, 2.75) is 37.5 Å². The molecule has 0 bridgehead atoms. The fourth-order valence-corrected chi connectivity index (χ4v) is 3.75. The van der Waals surface area contributed by atoms with E-state index < -0.39 is 0 Å². The van der Waals surface area contributed by atoms with Crippen molar-refractivity contribution < 1.29 is 4.52 Å². The Morgan fingerprint density at radius 1 is 1.17 bits per heavy atom. The van der Waals surface area contributed by atoms with Crippen LogP contribution in [0.15, 0.2) is 27.2 Å². The summed E-state index contributed by atoms with van der Waals surface area (Å²) in [5.74, 6) is 2.62. The SMILES string of the molecule is N#Cc1ccc(N2CCC(c3noc(C4CC4)n3)CC2)c(Br)c1. The second kappa shape index (κ2) is 5.97. The summed E-state index contributed by atoms with van der Waals surface area (Å²) in [7, 11) is 0. The highest BCUT2D eigenvalue weighted by molar-refractivity contribution is 9.10. The van der Waals surface area contributed by atoms with Gasteiger partial charge in [-0.3, -0.25) is 0 Å². The highest BCUT2D eigenvalue weighted by atomic mass is 79.9. The van der Waals surface area contributed by atoms with Gasteiger partial charge in [-0.1, -0.05) is 5.16 Å². The van der Waals surface area contributed by atoms with Crippen LogP contribution in [0.4, 0.5) is 5.69 Å². The lowest BCUT2D eigenvalue weighted by atomic mass is 9.95. The van der Waals surface area contributed by atoms with Crippen molar-refractivity contribution in [3.8, 4) is 6.07 Å². The molecule has 0 N–H and O–H groups in total. The second-order valence-electron chi connectivity index (χ2n) is 6.30. The molecule has 5 nitrogen and oxygen atoms in total. The van der Waals surface area contributed by atoms with Gasteiger partial charge in [-0.25, -0.2) is 0 Å². The summed E-state index contributed by atoms with van der Waals surface area (Å²) in [4.78, 5) is 6.94. The van der Waals surface area contributed by atoms with E-state index in [1.807, 2.05) is 18.2 Å². The summed E-state index contributed by atoms with van der Waals surface area (Å²) in [6.45, 7) is 1.92. The number of benzene rings is 1. The van der Waals surface area contributed by atoms with Crippen LogP contribution in [0, 0.1) is 11.3 Å². The topological polar surface area (TPSA) is 66.0 Å². The van der Waals surface area contributed by atoms with Crippen LogP contribution in [0.2, 0.25) is 0 Å². The van der Waals surface area contributed by atoms with E-state index in [9.17, 15) is 0 Å². The van der Waals surface area contributed by atoms with Gasteiger partial charge in [-0.05, 0) is 59.8 Å². The first-order valence-electron chi connectivity index (χ1n) is 8.02. The molecule has 118 valence electrons. The van der Waals surface area contributed by atoms with E-state index in [1.54, 1.807) is 0 Å². The second-order valence-corrected chi connectivity index (χ2v) is 7.16. The Hall–Kier alpha value is -1.87. The zero-order chi connectivity index (χ0) is 15.8. The van der Waals surface area contributed by atoms with Crippen molar-refractivity contribution in [1.82, 2.24) is 10.1 Å². The fraction of sp³-hybridized carbons (Fsp3) is 0.471. The minimum absolute atomic E-state index is 0.389. The third-order valence-corrected chi connectivity index (χ3v) is 5.30. The lowest BCUT2D eigenvalue weighted by molar-refractivity contribution is 0.365. The zero-order valence-electron chi connectivity index (χ0n) is 12.7. The minimum Gasteiger partial charge on any atom is -0.371 e. The molecule has 2 fully saturated rings. The molecule has 0 atom stereocenters. The Labute approximate surface area is 143 Å². The van der Waals surface area contributed by atoms with Crippen molar-refractivity contribution in [3.63, 3.8) is 0 Å². The smallest absolute Gasteiger partial charge is 0.229 e. The van der Waals surface area contributed by atoms with Crippen LogP contribution in [0.3, 0.4) is 0 Å². The largest absolute Gasteiger partial charge is 0.371 e. The first-order valence-corrected chi connectivity index (χ1v) is 8.82. The first kappa shape index (κ1) is 14.7. The number of aromatic nitrogens is 2. The van der Waals surface area contributed by atoms with Crippen LogP contribution in [0.25, 0.3) is 0 Å². The summed E-state index contributed by atoms with van der Waals surface area (Å²) < 4.78 is 6.36. The molecule has 0 unspecified atom stereocenters. The van der Waals surface area contributed by atoms with Gasteiger partial charge in [-0.15, -0.1) is 0 Å². The van der Waals surface area contributed by atoms with Crippen LogP contribution in [0.1, 0.15) is 54.8 Å². The predicted molar refractivity (Wildman–Crippen MR) is 89.3 cm³/mol. The van der Waals surface area contributed by atoms with Crippen molar-refractivity contribution in [3.05, 3.63) is 40.0 Å². The maximum absolute atomic E-state index is 8.96. The molecule has 0 radical (unpaired) electrons. The molecular weight excluding hydrogens is 356 g/mol. The third kappa shape index (κ3) is 2.98. The van der Waals surface area contributed by atoms with E-state index in [2.05, 4.69) is 37.0 Å². The van der Waals surface area contributed by atoms with E-state index in [0.29, 0.717) is 17.4 Å². The van der Waals surface area contributed by atoms with Crippen molar-refractivity contribution in [1.29, 1.82) is 5.26 Å². The standard InChI is InChI=1S/C17H17BrN4O/c18-14-9-11(10-19)1-4-15(14)22-7-5-12(6-8-22)16-20-17(23-21-16)13-2-3-13/h1,4,9,12-13H,2-3,5-8H2. The van der Waals surface area contributed by atoms with Gasteiger partial charge < -0.3 is 9.42 Å². The van der Waals surface area contributed by atoms with Gasteiger partial charge in [-0.2, -0.15) is 10.2 Å². The van der Waals surface area contributed by atoms with Gasteiger partial charge in [0.05, 0.1) is 17.3 Å². The van der Waals surface area contributed by atoms with Gasteiger partial charge in [0.1, 0.15) is 0 Å². The maximum Gasteiger partial charge on any atom is 0.229 e. The fourth-order valence-electron chi connectivity index (χ4n) is 3.12. The molecule has 0 amide bonds. The predicted octanol–water partition coefficient (Wildman–Crippen LogP) is 3.97. The van der Waals surface area contributed by atoms with Gasteiger partial charge in [0.15, 0.2) is 5.82 Å². The molecular formula is C17H17BrN4O. The number of rotatable bonds is 3. The molecule has 23 heavy (non-hydrogen) atoms. The number of hydrogen-bond donors (Lipinski definition) is 0. The summed E-state index contributed by atoms with van der Waals surface area (Å²) >= 11 is 3.58. The van der Waals surface area contributed by atoms with Gasteiger partial charge >= 0.3 is 0 Å². The lowest BCUT2D eigenvalue weighted by Gasteiger charge is -2.33. The van der Waals surface area contributed by atoms with Gasteiger partial charge in [0, 0.05) is 29.4 Å². The Balaban J connectivity index is 1.43. The molecule has 1 aromatic heterocycles. The normalized spacial score (nSPS) is 18.9.